The normalized spacial score (nSPS) is 20.3. The van der Waals surface area contributed by atoms with E-state index in [9.17, 15) is 8.42 Å². The van der Waals surface area contributed by atoms with E-state index in [1.54, 1.807) is 13.0 Å². The fourth-order valence-corrected chi connectivity index (χ4v) is 4.25. The summed E-state index contributed by atoms with van der Waals surface area (Å²) < 4.78 is 37.6. The van der Waals surface area contributed by atoms with E-state index in [0.717, 1.165) is 0 Å². The number of sulfonamides is 1. The topological polar surface area (TPSA) is 67.9 Å². The summed E-state index contributed by atoms with van der Waals surface area (Å²) in [6, 6.07) is 3.38. The molecule has 0 spiro atoms. The molecule has 1 heterocycles. The summed E-state index contributed by atoms with van der Waals surface area (Å²) in [5.41, 5.74) is 0.652. The molecular weight excluding hydrogens is 292 g/mol. The van der Waals surface area contributed by atoms with Gasteiger partial charge in [-0.15, -0.1) is 0 Å². The van der Waals surface area contributed by atoms with Crippen LogP contribution < -0.4 is 14.8 Å². The molecule has 1 fully saturated rings. The average molecular weight is 314 g/mol. The highest BCUT2D eigenvalue weighted by molar-refractivity contribution is 7.89. The molecule has 1 aliphatic rings. The van der Waals surface area contributed by atoms with Crippen LogP contribution in [0.2, 0.25) is 0 Å². The van der Waals surface area contributed by atoms with Crippen LogP contribution in [0.3, 0.4) is 0 Å². The lowest BCUT2D eigenvalue weighted by Crippen LogP contribution is -2.51. The van der Waals surface area contributed by atoms with Gasteiger partial charge in [-0.05, 0) is 25.5 Å². The molecule has 0 aromatic heterocycles. The summed E-state index contributed by atoms with van der Waals surface area (Å²) in [7, 11) is -0.498. The van der Waals surface area contributed by atoms with Gasteiger partial charge in [0, 0.05) is 31.7 Å². The molecule has 2 rings (SSSR count). The lowest BCUT2D eigenvalue weighted by molar-refractivity contribution is 0.309. The average Bonchev–Trinajstić information content (AvgIpc) is 2.46. The quantitative estimate of drug-likeness (QED) is 0.898. The van der Waals surface area contributed by atoms with E-state index >= 15 is 0 Å². The molecule has 0 bridgehead atoms. The number of hydrogen-bond acceptors (Lipinski definition) is 5. The number of ether oxygens (including phenoxy) is 2. The summed E-state index contributed by atoms with van der Waals surface area (Å²) in [6.45, 7) is 5.34. The maximum Gasteiger partial charge on any atom is 0.243 e. The first-order valence-corrected chi connectivity index (χ1v) is 8.30. The lowest BCUT2D eigenvalue weighted by atomic mass is 10.2. The fraction of sp³-hybridized carbons (Fsp3) is 0.571. The Morgan fingerprint density at radius 1 is 1.24 bits per heavy atom. The molecule has 7 heteroatoms. The van der Waals surface area contributed by atoms with Crippen LogP contribution in [0.25, 0.3) is 0 Å². The van der Waals surface area contributed by atoms with Crippen molar-refractivity contribution in [3.63, 3.8) is 0 Å². The van der Waals surface area contributed by atoms with Crippen LogP contribution in [-0.4, -0.2) is 52.6 Å². The van der Waals surface area contributed by atoms with Crippen molar-refractivity contribution in [1.82, 2.24) is 9.62 Å². The van der Waals surface area contributed by atoms with Crippen LogP contribution in [0.15, 0.2) is 17.0 Å². The Balaban J connectivity index is 2.44. The van der Waals surface area contributed by atoms with Crippen molar-refractivity contribution >= 4 is 10.0 Å². The van der Waals surface area contributed by atoms with Gasteiger partial charge in [-0.2, -0.15) is 4.31 Å². The molecule has 0 saturated carbocycles. The van der Waals surface area contributed by atoms with Gasteiger partial charge in [-0.1, -0.05) is 0 Å². The van der Waals surface area contributed by atoms with Crippen molar-refractivity contribution in [1.29, 1.82) is 0 Å². The Kier molecular flexibility index (Phi) is 4.75. The number of nitrogens with one attached hydrogen (secondary N) is 1. The van der Waals surface area contributed by atoms with Crippen LogP contribution in [0.4, 0.5) is 0 Å². The number of rotatable bonds is 4. The smallest absolute Gasteiger partial charge is 0.243 e. The van der Waals surface area contributed by atoms with E-state index in [1.165, 1.54) is 24.6 Å². The third-order valence-electron chi connectivity index (χ3n) is 3.63. The maximum atomic E-state index is 12.8. The number of methoxy groups -OCH3 is 2. The summed E-state index contributed by atoms with van der Waals surface area (Å²) in [5.74, 6) is 0.951. The minimum Gasteiger partial charge on any atom is -0.493 e. The molecule has 0 aliphatic carbocycles. The second-order valence-electron chi connectivity index (χ2n) is 5.19. The third-order valence-corrected chi connectivity index (χ3v) is 5.64. The van der Waals surface area contributed by atoms with Crippen molar-refractivity contribution in [2.45, 2.75) is 24.8 Å². The zero-order valence-electron chi connectivity index (χ0n) is 12.8. The molecule has 0 unspecified atom stereocenters. The second-order valence-corrected chi connectivity index (χ2v) is 7.10. The number of aryl methyl sites for hydroxylation is 1. The molecule has 21 heavy (non-hydrogen) atoms. The van der Waals surface area contributed by atoms with Gasteiger partial charge in [0.15, 0.2) is 11.5 Å². The Morgan fingerprint density at radius 2 is 1.86 bits per heavy atom. The number of hydrogen-bond donors (Lipinski definition) is 1. The van der Waals surface area contributed by atoms with Crippen LogP contribution in [0.1, 0.15) is 12.5 Å². The zero-order chi connectivity index (χ0) is 15.6. The predicted octanol–water partition coefficient (Wildman–Crippen LogP) is 0.995. The summed E-state index contributed by atoms with van der Waals surface area (Å²) >= 11 is 0. The summed E-state index contributed by atoms with van der Waals surface area (Å²) in [4.78, 5) is 0.272. The standard InChI is InChI=1S/C14H22N2O4S/c1-10-7-12(19-3)13(20-4)8-14(10)21(17,18)16-6-5-15-11(2)9-16/h7-8,11,15H,5-6,9H2,1-4H3/t11-/m0/s1. The molecule has 6 nitrogen and oxygen atoms in total. The highest BCUT2D eigenvalue weighted by Crippen LogP contribution is 2.33. The molecular formula is C14H22N2O4S. The van der Waals surface area contributed by atoms with Gasteiger partial charge in [-0.25, -0.2) is 8.42 Å². The SMILES string of the molecule is COc1cc(C)c(S(=O)(=O)N2CCN[C@@H](C)C2)cc1OC. The van der Waals surface area contributed by atoms with Crippen molar-refractivity contribution in [3.8, 4) is 11.5 Å². The maximum absolute atomic E-state index is 12.8. The van der Waals surface area contributed by atoms with Crippen LogP contribution >= 0.6 is 0 Å². The van der Waals surface area contributed by atoms with Crippen LogP contribution in [0, 0.1) is 6.92 Å². The zero-order valence-corrected chi connectivity index (χ0v) is 13.7. The largest absolute Gasteiger partial charge is 0.493 e. The second kappa shape index (κ2) is 6.21. The highest BCUT2D eigenvalue weighted by atomic mass is 32.2. The number of nitrogens with zero attached hydrogens (tertiary/aromatic N) is 1. The van der Waals surface area contributed by atoms with E-state index < -0.39 is 10.0 Å². The van der Waals surface area contributed by atoms with Gasteiger partial charge in [0.05, 0.1) is 19.1 Å². The molecule has 1 aromatic rings. The van der Waals surface area contributed by atoms with E-state index in [0.29, 0.717) is 36.7 Å². The highest BCUT2D eigenvalue weighted by Gasteiger charge is 2.30. The molecule has 1 atom stereocenters. The van der Waals surface area contributed by atoms with Crippen LogP contribution in [0.5, 0.6) is 11.5 Å². The third kappa shape index (κ3) is 3.14. The molecule has 118 valence electrons. The molecule has 0 radical (unpaired) electrons. The first-order valence-electron chi connectivity index (χ1n) is 6.86. The molecule has 1 aliphatic heterocycles. The van der Waals surface area contributed by atoms with E-state index in [1.807, 2.05) is 6.92 Å². The Hall–Kier alpha value is -1.31. The first-order chi connectivity index (χ1) is 9.90. The molecule has 0 amide bonds. The van der Waals surface area contributed by atoms with Gasteiger partial charge in [0.2, 0.25) is 10.0 Å². The molecule has 1 aromatic carbocycles. The van der Waals surface area contributed by atoms with Gasteiger partial charge < -0.3 is 14.8 Å². The fourth-order valence-electron chi connectivity index (χ4n) is 2.49. The van der Waals surface area contributed by atoms with Crippen molar-refractivity contribution < 1.29 is 17.9 Å². The summed E-state index contributed by atoms with van der Waals surface area (Å²) in [6.07, 6.45) is 0. The monoisotopic (exact) mass is 314 g/mol. The van der Waals surface area contributed by atoms with Crippen molar-refractivity contribution in [3.05, 3.63) is 17.7 Å². The van der Waals surface area contributed by atoms with Gasteiger partial charge in [0.1, 0.15) is 0 Å². The molecule has 1 N–H and O–H groups in total. The number of benzene rings is 1. The van der Waals surface area contributed by atoms with Gasteiger partial charge >= 0.3 is 0 Å². The van der Waals surface area contributed by atoms with Gasteiger partial charge in [0.25, 0.3) is 0 Å². The minimum absolute atomic E-state index is 0.147. The Bertz CT molecular complexity index is 616. The predicted molar refractivity (Wildman–Crippen MR) is 80.5 cm³/mol. The minimum atomic E-state index is -3.53. The number of piperazine rings is 1. The van der Waals surface area contributed by atoms with Gasteiger partial charge in [-0.3, -0.25) is 0 Å². The lowest BCUT2D eigenvalue weighted by Gasteiger charge is -2.31. The van der Waals surface area contributed by atoms with Crippen LogP contribution in [-0.2, 0) is 10.0 Å². The van der Waals surface area contributed by atoms with Crippen molar-refractivity contribution in [2.75, 3.05) is 33.9 Å². The first kappa shape index (κ1) is 16.1. The van der Waals surface area contributed by atoms with E-state index in [4.69, 9.17) is 9.47 Å². The van der Waals surface area contributed by atoms with E-state index in [-0.39, 0.29) is 10.9 Å². The molecule has 1 saturated heterocycles. The Morgan fingerprint density at radius 3 is 2.43 bits per heavy atom. The van der Waals surface area contributed by atoms with E-state index in [2.05, 4.69) is 5.32 Å². The van der Waals surface area contributed by atoms with Crippen molar-refractivity contribution in [2.24, 2.45) is 0 Å². The summed E-state index contributed by atoms with van der Waals surface area (Å²) in [5, 5.41) is 3.24. The Labute approximate surface area is 126 Å².